The molecule has 0 aromatic heterocycles. The maximum absolute atomic E-state index is 9.40. The van der Waals surface area contributed by atoms with Crippen molar-refractivity contribution in [3.63, 3.8) is 0 Å². The number of phenolic OH excluding ortho intramolecular Hbond substituents is 1. The topological polar surface area (TPSA) is 26.7 Å². The van der Waals surface area contributed by atoms with Crippen LogP contribution in [0.2, 0.25) is 0 Å². The van der Waals surface area contributed by atoms with Gasteiger partial charge in [0.15, 0.2) is 0 Å². The lowest BCUT2D eigenvalue weighted by Gasteiger charge is -2.39. The maximum atomic E-state index is 9.40. The van der Waals surface area contributed by atoms with E-state index in [1.165, 1.54) is 31.5 Å². The molecule has 106 valence electrons. The van der Waals surface area contributed by atoms with E-state index in [0.29, 0.717) is 11.8 Å². The van der Waals surface area contributed by atoms with Gasteiger partial charge >= 0.3 is 0 Å². The summed E-state index contributed by atoms with van der Waals surface area (Å²) in [6, 6.07) is 8.93. The largest absolute Gasteiger partial charge is 0.508 e. The highest BCUT2D eigenvalue weighted by molar-refractivity contribution is 5.28. The highest BCUT2D eigenvalue weighted by Crippen LogP contribution is 2.29. The molecule has 3 heteroatoms. The minimum atomic E-state index is 0.352. The molecule has 1 aliphatic rings. The molecule has 1 atom stereocenters. The number of piperidine rings is 1. The SMILES string of the molecule is CCC(c1ccc(O)cc1)N1CCC(N(C)C)CC1. The molecule has 1 saturated heterocycles. The maximum Gasteiger partial charge on any atom is 0.115 e. The number of hydrogen-bond acceptors (Lipinski definition) is 3. The quantitative estimate of drug-likeness (QED) is 0.904. The van der Waals surface area contributed by atoms with Crippen molar-refractivity contribution in [2.24, 2.45) is 0 Å². The molecule has 1 aliphatic heterocycles. The first-order chi connectivity index (χ1) is 9.11. The van der Waals surface area contributed by atoms with Crippen molar-refractivity contribution in [3.05, 3.63) is 29.8 Å². The molecular weight excluding hydrogens is 236 g/mol. The second-order valence-electron chi connectivity index (χ2n) is 5.75. The molecule has 1 heterocycles. The Hall–Kier alpha value is -1.06. The van der Waals surface area contributed by atoms with Crippen LogP contribution in [0, 0.1) is 0 Å². The van der Waals surface area contributed by atoms with E-state index < -0.39 is 0 Å². The van der Waals surface area contributed by atoms with Crippen molar-refractivity contribution in [2.45, 2.75) is 38.3 Å². The third kappa shape index (κ3) is 3.48. The Morgan fingerprint density at radius 3 is 2.26 bits per heavy atom. The lowest BCUT2D eigenvalue weighted by atomic mass is 9.97. The Labute approximate surface area is 116 Å². The summed E-state index contributed by atoms with van der Waals surface area (Å²) in [6.45, 7) is 4.58. The number of aromatic hydroxyl groups is 1. The van der Waals surface area contributed by atoms with E-state index in [9.17, 15) is 5.11 Å². The van der Waals surface area contributed by atoms with Gasteiger partial charge in [-0.05, 0) is 51.1 Å². The van der Waals surface area contributed by atoms with Gasteiger partial charge in [-0.3, -0.25) is 4.90 Å². The molecule has 1 aromatic rings. The van der Waals surface area contributed by atoms with Crippen molar-refractivity contribution < 1.29 is 5.11 Å². The van der Waals surface area contributed by atoms with Crippen LogP contribution in [0.25, 0.3) is 0 Å². The summed E-state index contributed by atoms with van der Waals surface area (Å²) in [6.07, 6.45) is 3.63. The van der Waals surface area contributed by atoms with E-state index in [-0.39, 0.29) is 0 Å². The highest BCUT2D eigenvalue weighted by Gasteiger charge is 2.25. The molecule has 1 N–H and O–H groups in total. The standard InChI is InChI=1S/C16H26N2O/c1-4-16(13-5-7-15(19)8-6-13)18-11-9-14(10-12-18)17(2)3/h5-8,14,16,19H,4,9-12H2,1-3H3. The van der Waals surface area contributed by atoms with E-state index in [1.807, 2.05) is 0 Å². The fourth-order valence-electron chi connectivity index (χ4n) is 3.12. The normalized spacial score (nSPS) is 19.8. The Morgan fingerprint density at radius 1 is 1.21 bits per heavy atom. The predicted molar refractivity (Wildman–Crippen MR) is 79.4 cm³/mol. The van der Waals surface area contributed by atoms with Gasteiger partial charge < -0.3 is 10.0 Å². The van der Waals surface area contributed by atoms with Crippen LogP contribution in [0.15, 0.2) is 24.3 Å². The van der Waals surface area contributed by atoms with Crippen LogP contribution in [-0.2, 0) is 0 Å². The number of rotatable bonds is 4. The van der Waals surface area contributed by atoms with Crippen LogP contribution in [0.3, 0.4) is 0 Å². The van der Waals surface area contributed by atoms with Gasteiger partial charge in [-0.2, -0.15) is 0 Å². The second-order valence-corrected chi connectivity index (χ2v) is 5.75. The van der Waals surface area contributed by atoms with Crippen molar-refractivity contribution >= 4 is 0 Å². The van der Waals surface area contributed by atoms with Crippen LogP contribution in [0.4, 0.5) is 0 Å². The summed E-state index contributed by atoms with van der Waals surface area (Å²) in [7, 11) is 4.36. The summed E-state index contributed by atoms with van der Waals surface area (Å²) < 4.78 is 0. The number of likely N-dealkylation sites (tertiary alicyclic amines) is 1. The van der Waals surface area contributed by atoms with E-state index in [4.69, 9.17) is 0 Å². The average Bonchev–Trinajstić information content (AvgIpc) is 2.42. The third-order valence-corrected chi connectivity index (χ3v) is 4.33. The molecule has 1 fully saturated rings. The molecule has 0 spiro atoms. The van der Waals surface area contributed by atoms with Crippen LogP contribution in [0.5, 0.6) is 5.75 Å². The summed E-state index contributed by atoms with van der Waals surface area (Å²) in [5, 5.41) is 9.40. The Kier molecular flexibility index (Phi) is 4.83. The van der Waals surface area contributed by atoms with Crippen molar-refractivity contribution in [2.75, 3.05) is 27.2 Å². The molecule has 0 saturated carbocycles. The molecule has 0 amide bonds. The van der Waals surface area contributed by atoms with Crippen LogP contribution < -0.4 is 0 Å². The Morgan fingerprint density at radius 2 is 1.79 bits per heavy atom. The second kappa shape index (κ2) is 6.40. The first-order valence-corrected chi connectivity index (χ1v) is 7.31. The molecule has 0 aliphatic carbocycles. The number of nitrogens with zero attached hydrogens (tertiary/aromatic N) is 2. The van der Waals surface area contributed by atoms with Crippen LogP contribution >= 0.6 is 0 Å². The molecule has 1 unspecified atom stereocenters. The van der Waals surface area contributed by atoms with Gasteiger partial charge in [0.05, 0.1) is 0 Å². The predicted octanol–water partition coefficient (Wildman–Crippen LogP) is 2.87. The molecule has 1 aromatic carbocycles. The Balaban J connectivity index is 2.01. The van der Waals surface area contributed by atoms with E-state index in [2.05, 4.69) is 43.0 Å². The van der Waals surface area contributed by atoms with Crippen LogP contribution in [-0.4, -0.2) is 48.1 Å². The van der Waals surface area contributed by atoms with Gasteiger partial charge in [0.1, 0.15) is 5.75 Å². The smallest absolute Gasteiger partial charge is 0.115 e. The first kappa shape index (κ1) is 14.4. The zero-order valence-electron chi connectivity index (χ0n) is 12.3. The monoisotopic (exact) mass is 262 g/mol. The highest BCUT2D eigenvalue weighted by atomic mass is 16.3. The zero-order valence-corrected chi connectivity index (χ0v) is 12.3. The number of hydrogen-bond donors (Lipinski definition) is 1. The molecule has 0 bridgehead atoms. The molecule has 2 rings (SSSR count). The third-order valence-electron chi connectivity index (χ3n) is 4.33. The minimum absolute atomic E-state index is 0.352. The first-order valence-electron chi connectivity index (χ1n) is 7.31. The lowest BCUT2D eigenvalue weighted by molar-refractivity contribution is 0.106. The fourth-order valence-corrected chi connectivity index (χ4v) is 3.12. The van der Waals surface area contributed by atoms with Crippen molar-refractivity contribution in [1.29, 1.82) is 0 Å². The molecule has 0 radical (unpaired) electrons. The number of phenols is 1. The lowest BCUT2D eigenvalue weighted by Crippen LogP contribution is -2.43. The van der Waals surface area contributed by atoms with E-state index in [0.717, 1.165) is 12.5 Å². The summed E-state index contributed by atoms with van der Waals surface area (Å²) in [4.78, 5) is 4.94. The molecule has 3 nitrogen and oxygen atoms in total. The zero-order chi connectivity index (χ0) is 13.8. The molecule has 19 heavy (non-hydrogen) atoms. The van der Waals surface area contributed by atoms with Crippen molar-refractivity contribution in [1.82, 2.24) is 9.80 Å². The van der Waals surface area contributed by atoms with E-state index in [1.54, 1.807) is 12.1 Å². The van der Waals surface area contributed by atoms with E-state index >= 15 is 0 Å². The summed E-state index contributed by atoms with van der Waals surface area (Å²) >= 11 is 0. The number of benzene rings is 1. The van der Waals surface area contributed by atoms with Gasteiger partial charge in [0, 0.05) is 25.2 Å². The summed E-state index contributed by atoms with van der Waals surface area (Å²) in [5.74, 6) is 0.352. The molecular formula is C16H26N2O. The van der Waals surface area contributed by atoms with Gasteiger partial charge in [-0.15, -0.1) is 0 Å². The van der Waals surface area contributed by atoms with Crippen molar-refractivity contribution in [3.8, 4) is 5.75 Å². The van der Waals surface area contributed by atoms with Gasteiger partial charge in [0.25, 0.3) is 0 Å². The van der Waals surface area contributed by atoms with Gasteiger partial charge in [0.2, 0.25) is 0 Å². The minimum Gasteiger partial charge on any atom is -0.508 e. The Bertz CT molecular complexity index is 380. The van der Waals surface area contributed by atoms with Gasteiger partial charge in [-0.1, -0.05) is 19.1 Å². The van der Waals surface area contributed by atoms with Crippen LogP contribution in [0.1, 0.15) is 37.8 Å². The van der Waals surface area contributed by atoms with Gasteiger partial charge in [-0.25, -0.2) is 0 Å². The average molecular weight is 262 g/mol. The fraction of sp³-hybridized carbons (Fsp3) is 0.625. The summed E-state index contributed by atoms with van der Waals surface area (Å²) in [5.41, 5.74) is 1.32.